The summed E-state index contributed by atoms with van der Waals surface area (Å²) in [6.45, 7) is 7.69. The fourth-order valence-electron chi connectivity index (χ4n) is 6.84. The van der Waals surface area contributed by atoms with Crippen LogP contribution >= 0.6 is 0 Å². The molecule has 4 aromatic carbocycles. The van der Waals surface area contributed by atoms with Crippen LogP contribution in [0.25, 0.3) is 33.5 Å². The third-order valence-corrected chi connectivity index (χ3v) is 12.7. The lowest BCUT2D eigenvalue weighted by molar-refractivity contribution is 0.848. The highest BCUT2D eigenvalue weighted by molar-refractivity contribution is 6.94. The highest BCUT2D eigenvalue weighted by atomic mass is 28.3. The summed E-state index contributed by atoms with van der Waals surface area (Å²) in [5.74, 6) is 0.503. The molecule has 0 unspecified atom stereocenters. The first-order valence-electron chi connectivity index (χ1n) is 12.6. The molecule has 0 bridgehead atoms. The van der Waals surface area contributed by atoms with Gasteiger partial charge in [0, 0.05) is 0 Å². The van der Waals surface area contributed by atoms with Gasteiger partial charge in [-0.05, 0) is 68.1 Å². The molecule has 0 N–H and O–H groups in total. The first-order chi connectivity index (χ1) is 16.6. The fourth-order valence-corrected chi connectivity index (χ4v) is 11.3. The molecule has 6 rings (SSSR count). The van der Waals surface area contributed by atoms with E-state index in [1.54, 1.807) is 16.3 Å². The molecule has 0 heterocycles. The lowest BCUT2D eigenvalue weighted by atomic mass is 9.97. The van der Waals surface area contributed by atoms with Crippen molar-refractivity contribution < 1.29 is 0 Å². The molecule has 0 nitrogen and oxygen atoms in total. The van der Waals surface area contributed by atoms with Crippen LogP contribution in [-0.2, 0) is 6.42 Å². The van der Waals surface area contributed by atoms with Gasteiger partial charge in [0.05, 0.1) is 8.07 Å². The zero-order valence-electron chi connectivity index (χ0n) is 20.4. The summed E-state index contributed by atoms with van der Waals surface area (Å²) in [7, 11) is -1.77. The molecule has 0 aliphatic heterocycles. The largest absolute Gasteiger partial charge is 0.0844 e. The molecule has 0 saturated heterocycles. The summed E-state index contributed by atoms with van der Waals surface area (Å²) >= 11 is 0. The Balaban J connectivity index is 1.49. The molecule has 2 aliphatic rings. The van der Waals surface area contributed by atoms with Gasteiger partial charge in [-0.3, -0.25) is 0 Å². The first-order valence-corrected chi connectivity index (χ1v) is 15.7. The van der Waals surface area contributed by atoms with Crippen molar-refractivity contribution >= 4 is 19.3 Å². The van der Waals surface area contributed by atoms with E-state index in [9.17, 15) is 0 Å². The minimum Gasteiger partial charge on any atom is -0.0695 e. The van der Waals surface area contributed by atoms with E-state index in [0.29, 0.717) is 11.5 Å². The van der Waals surface area contributed by atoms with Gasteiger partial charge in [0.2, 0.25) is 0 Å². The Morgan fingerprint density at radius 2 is 1.29 bits per heavy atom. The van der Waals surface area contributed by atoms with Gasteiger partial charge in [0.1, 0.15) is 0 Å². The van der Waals surface area contributed by atoms with Crippen LogP contribution in [-0.4, -0.2) is 8.07 Å². The molecule has 0 fully saturated rings. The standard InChI is InChI=1S/C33H32Si/c1-23-22-31-27(25-14-8-5-9-15-25)17-11-19-30(31)33(23)34(2,3)32-21-20-28-26(16-10-18-29(28)32)24-12-6-4-7-13-24/h4-19,22-23,32H,20-21H2,1-3H3/t23-,32+/m1/s1. The minimum atomic E-state index is -1.77. The average Bonchev–Trinajstić information content (AvgIpc) is 3.46. The number of rotatable bonds is 4. The normalized spacial score (nSPS) is 19.0. The van der Waals surface area contributed by atoms with Crippen LogP contribution in [0.5, 0.6) is 0 Å². The summed E-state index contributed by atoms with van der Waals surface area (Å²) in [6, 6.07) is 35.8. The van der Waals surface area contributed by atoms with Gasteiger partial charge in [-0.2, -0.15) is 0 Å². The SMILES string of the molecule is C[C@@H]1C=c2c(-c3ccccc3)cccc2=C1[Si](C)(C)[C@H]1CCc2c(-c3ccccc3)cccc21. The topological polar surface area (TPSA) is 0 Å². The predicted octanol–water partition coefficient (Wildman–Crippen LogP) is 7.12. The van der Waals surface area contributed by atoms with Crippen molar-refractivity contribution in [1.29, 1.82) is 0 Å². The fraction of sp³-hybridized carbons (Fsp3) is 0.212. The van der Waals surface area contributed by atoms with Gasteiger partial charge in [0.15, 0.2) is 0 Å². The summed E-state index contributed by atoms with van der Waals surface area (Å²) in [6.07, 6.45) is 5.02. The molecular formula is C33H32Si. The van der Waals surface area contributed by atoms with Gasteiger partial charge in [-0.1, -0.05) is 128 Å². The number of fused-ring (bicyclic) bond motifs is 2. The smallest absolute Gasteiger partial charge is 0.0695 e. The van der Waals surface area contributed by atoms with Crippen molar-refractivity contribution in [3.8, 4) is 22.3 Å². The molecule has 0 amide bonds. The maximum absolute atomic E-state index is 2.63. The van der Waals surface area contributed by atoms with E-state index in [1.807, 2.05) is 0 Å². The molecule has 2 aliphatic carbocycles. The number of hydrogen-bond acceptors (Lipinski definition) is 0. The van der Waals surface area contributed by atoms with E-state index >= 15 is 0 Å². The van der Waals surface area contributed by atoms with E-state index in [1.165, 1.54) is 45.5 Å². The molecule has 0 radical (unpaired) electrons. The maximum atomic E-state index is 2.63. The Labute approximate surface area is 204 Å². The number of benzene rings is 4. The van der Waals surface area contributed by atoms with Crippen molar-refractivity contribution in [2.45, 2.75) is 38.4 Å². The average molecular weight is 457 g/mol. The highest BCUT2D eigenvalue weighted by Gasteiger charge is 2.43. The van der Waals surface area contributed by atoms with Crippen molar-refractivity contribution in [3.05, 3.63) is 119 Å². The van der Waals surface area contributed by atoms with Crippen molar-refractivity contribution in [2.24, 2.45) is 5.92 Å². The lowest BCUT2D eigenvalue weighted by Crippen LogP contribution is -2.42. The summed E-state index contributed by atoms with van der Waals surface area (Å²) < 4.78 is 0. The minimum absolute atomic E-state index is 0.503. The van der Waals surface area contributed by atoms with Crippen LogP contribution in [0, 0.1) is 5.92 Å². The summed E-state index contributed by atoms with van der Waals surface area (Å²) in [4.78, 5) is 0. The van der Waals surface area contributed by atoms with Crippen LogP contribution < -0.4 is 10.4 Å². The molecule has 4 aromatic rings. The van der Waals surface area contributed by atoms with E-state index in [0.717, 1.165) is 0 Å². The van der Waals surface area contributed by atoms with E-state index in [4.69, 9.17) is 0 Å². The Morgan fingerprint density at radius 3 is 2.00 bits per heavy atom. The lowest BCUT2D eigenvalue weighted by Gasteiger charge is -2.34. The Kier molecular flexibility index (Phi) is 5.19. The molecule has 0 aromatic heterocycles. The Morgan fingerprint density at radius 1 is 0.676 bits per heavy atom. The van der Waals surface area contributed by atoms with Gasteiger partial charge in [0.25, 0.3) is 0 Å². The third-order valence-electron chi connectivity index (χ3n) is 8.27. The Hall–Kier alpha value is -3.16. The molecule has 34 heavy (non-hydrogen) atoms. The maximum Gasteiger partial charge on any atom is 0.0844 e. The van der Waals surface area contributed by atoms with Crippen LogP contribution in [0.4, 0.5) is 0 Å². The summed E-state index contributed by atoms with van der Waals surface area (Å²) in [5, 5.41) is 4.70. The second-order valence-corrected chi connectivity index (χ2v) is 15.2. The third kappa shape index (κ3) is 3.34. The van der Waals surface area contributed by atoms with E-state index in [2.05, 4.69) is 123 Å². The van der Waals surface area contributed by atoms with Crippen LogP contribution in [0.1, 0.15) is 30.0 Å². The molecular weight excluding hydrogens is 424 g/mol. The zero-order valence-corrected chi connectivity index (χ0v) is 21.4. The quantitative estimate of drug-likeness (QED) is 0.287. The number of hydrogen-bond donors (Lipinski definition) is 0. The molecule has 168 valence electrons. The van der Waals surface area contributed by atoms with Crippen LogP contribution in [0.2, 0.25) is 13.1 Å². The Bertz CT molecular complexity index is 1480. The van der Waals surface area contributed by atoms with Gasteiger partial charge < -0.3 is 0 Å². The highest BCUT2D eigenvalue weighted by Crippen LogP contribution is 2.47. The van der Waals surface area contributed by atoms with Crippen molar-refractivity contribution in [3.63, 3.8) is 0 Å². The van der Waals surface area contributed by atoms with Gasteiger partial charge >= 0.3 is 0 Å². The van der Waals surface area contributed by atoms with Crippen molar-refractivity contribution in [1.82, 2.24) is 0 Å². The molecule has 1 heteroatoms. The second kappa shape index (κ2) is 8.25. The monoisotopic (exact) mass is 456 g/mol. The van der Waals surface area contributed by atoms with Gasteiger partial charge in [-0.15, -0.1) is 0 Å². The first kappa shape index (κ1) is 21.4. The van der Waals surface area contributed by atoms with E-state index in [-0.39, 0.29) is 0 Å². The molecule has 2 atom stereocenters. The molecule has 0 saturated carbocycles. The predicted molar refractivity (Wildman–Crippen MR) is 149 cm³/mol. The van der Waals surface area contributed by atoms with E-state index < -0.39 is 8.07 Å². The summed E-state index contributed by atoms with van der Waals surface area (Å²) in [5.41, 5.74) is 9.37. The van der Waals surface area contributed by atoms with Crippen LogP contribution in [0.15, 0.2) is 97.1 Å². The zero-order chi connectivity index (χ0) is 23.3. The van der Waals surface area contributed by atoms with Crippen LogP contribution in [0.3, 0.4) is 0 Å². The second-order valence-electron chi connectivity index (χ2n) is 10.6. The van der Waals surface area contributed by atoms with Gasteiger partial charge in [-0.25, -0.2) is 0 Å². The van der Waals surface area contributed by atoms with Crippen molar-refractivity contribution in [2.75, 3.05) is 0 Å². The molecule has 0 spiro atoms.